The van der Waals surface area contributed by atoms with Crippen molar-refractivity contribution in [2.75, 3.05) is 0 Å². The molecule has 2 atom stereocenters. The monoisotopic (exact) mass is 291 g/mol. The Balaban J connectivity index is 1.82. The summed E-state index contributed by atoms with van der Waals surface area (Å²) < 4.78 is 0. The molecule has 1 saturated carbocycles. The maximum absolute atomic E-state index is 12.1. The smallest absolute Gasteiger partial charge is 0.249 e. The Kier molecular flexibility index (Phi) is 5.62. The zero-order valence-electron chi connectivity index (χ0n) is 12.6. The number of aromatic hydroxyl groups is 1. The summed E-state index contributed by atoms with van der Waals surface area (Å²) in [5, 5.41) is 22.2. The fraction of sp³-hybridized carbons (Fsp3) is 0.588. The molecular weight excluding hydrogens is 266 g/mol. The molecule has 0 heterocycles. The number of amides is 1. The number of carbonyl (C=O) groups is 1. The number of hydrogen-bond donors (Lipinski definition) is 3. The van der Waals surface area contributed by atoms with E-state index >= 15 is 0 Å². The third-order valence-corrected chi connectivity index (χ3v) is 4.39. The van der Waals surface area contributed by atoms with Crippen molar-refractivity contribution in [1.29, 1.82) is 0 Å². The molecule has 0 radical (unpaired) electrons. The summed E-state index contributed by atoms with van der Waals surface area (Å²) in [6.07, 6.45) is 5.32. The first-order valence-electron chi connectivity index (χ1n) is 7.82. The van der Waals surface area contributed by atoms with Crippen LogP contribution in [0.1, 0.15) is 44.6 Å². The lowest BCUT2D eigenvalue weighted by Gasteiger charge is -2.29. The van der Waals surface area contributed by atoms with E-state index in [1.54, 1.807) is 24.3 Å². The molecule has 0 aromatic heterocycles. The van der Waals surface area contributed by atoms with Crippen molar-refractivity contribution in [1.82, 2.24) is 5.32 Å². The van der Waals surface area contributed by atoms with Gasteiger partial charge >= 0.3 is 0 Å². The van der Waals surface area contributed by atoms with Crippen LogP contribution in [0.25, 0.3) is 0 Å². The van der Waals surface area contributed by atoms with E-state index in [2.05, 4.69) is 5.32 Å². The van der Waals surface area contributed by atoms with Crippen LogP contribution in [0.2, 0.25) is 0 Å². The van der Waals surface area contributed by atoms with Crippen molar-refractivity contribution in [3.63, 3.8) is 0 Å². The van der Waals surface area contributed by atoms with Gasteiger partial charge in [0.25, 0.3) is 0 Å². The van der Waals surface area contributed by atoms with Crippen LogP contribution in [-0.4, -0.2) is 28.3 Å². The SMILES string of the molecule is CC(NC(=O)C(O)Cc1ccc(O)cc1)C1CCCCC1. The molecule has 1 aliphatic carbocycles. The highest BCUT2D eigenvalue weighted by Gasteiger charge is 2.24. The molecule has 3 N–H and O–H groups in total. The van der Waals surface area contributed by atoms with Crippen LogP contribution in [0.4, 0.5) is 0 Å². The number of rotatable bonds is 5. The normalized spacial score (nSPS) is 19.0. The van der Waals surface area contributed by atoms with Gasteiger partial charge in [-0.15, -0.1) is 0 Å². The Morgan fingerprint density at radius 3 is 2.48 bits per heavy atom. The van der Waals surface area contributed by atoms with Crippen LogP contribution >= 0.6 is 0 Å². The number of phenolic OH excluding ortho intramolecular Hbond substituents is 1. The molecule has 1 aliphatic rings. The third-order valence-electron chi connectivity index (χ3n) is 4.39. The number of aliphatic hydroxyl groups excluding tert-OH is 1. The zero-order valence-corrected chi connectivity index (χ0v) is 12.6. The summed E-state index contributed by atoms with van der Waals surface area (Å²) in [7, 11) is 0. The van der Waals surface area contributed by atoms with Gasteiger partial charge in [0.15, 0.2) is 0 Å². The Hall–Kier alpha value is -1.55. The minimum atomic E-state index is -1.04. The Morgan fingerprint density at radius 1 is 1.24 bits per heavy atom. The number of aliphatic hydroxyl groups is 1. The first-order valence-corrected chi connectivity index (χ1v) is 7.82. The van der Waals surface area contributed by atoms with Crippen molar-refractivity contribution < 1.29 is 15.0 Å². The molecule has 116 valence electrons. The lowest BCUT2D eigenvalue weighted by Crippen LogP contribution is -2.44. The van der Waals surface area contributed by atoms with E-state index in [0.717, 1.165) is 18.4 Å². The van der Waals surface area contributed by atoms with Gasteiger partial charge in [0, 0.05) is 12.5 Å². The van der Waals surface area contributed by atoms with Gasteiger partial charge in [-0.2, -0.15) is 0 Å². The fourth-order valence-electron chi connectivity index (χ4n) is 3.02. The maximum Gasteiger partial charge on any atom is 0.249 e. The van der Waals surface area contributed by atoms with Gasteiger partial charge in [-0.25, -0.2) is 0 Å². The Morgan fingerprint density at radius 2 is 1.86 bits per heavy atom. The number of hydrogen-bond acceptors (Lipinski definition) is 3. The second kappa shape index (κ2) is 7.46. The predicted molar refractivity (Wildman–Crippen MR) is 82.0 cm³/mol. The molecule has 1 amide bonds. The average Bonchev–Trinajstić information content (AvgIpc) is 2.50. The van der Waals surface area contributed by atoms with Crippen LogP contribution in [0, 0.1) is 5.92 Å². The highest BCUT2D eigenvalue weighted by molar-refractivity contribution is 5.81. The van der Waals surface area contributed by atoms with E-state index in [4.69, 9.17) is 0 Å². The predicted octanol–water partition coefficient (Wildman–Crippen LogP) is 2.38. The van der Waals surface area contributed by atoms with Crippen LogP contribution in [-0.2, 0) is 11.2 Å². The van der Waals surface area contributed by atoms with Crippen LogP contribution in [0.5, 0.6) is 5.75 Å². The lowest BCUT2D eigenvalue weighted by molar-refractivity contribution is -0.130. The van der Waals surface area contributed by atoms with E-state index < -0.39 is 6.10 Å². The van der Waals surface area contributed by atoms with Gasteiger partial charge in [-0.05, 0) is 43.4 Å². The zero-order chi connectivity index (χ0) is 15.2. The van der Waals surface area contributed by atoms with Crippen LogP contribution < -0.4 is 5.32 Å². The van der Waals surface area contributed by atoms with E-state index in [1.807, 2.05) is 6.92 Å². The number of nitrogens with one attached hydrogen (secondary N) is 1. The van der Waals surface area contributed by atoms with Crippen molar-refractivity contribution >= 4 is 5.91 Å². The summed E-state index contributed by atoms with van der Waals surface area (Å²) in [4.78, 5) is 12.1. The first-order chi connectivity index (χ1) is 10.1. The molecule has 0 bridgehead atoms. The molecule has 1 aromatic carbocycles. The summed E-state index contributed by atoms with van der Waals surface area (Å²) in [5.41, 5.74) is 0.834. The molecular formula is C17H25NO3. The molecule has 0 aliphatic heterocycles. The Labute approximate surface area is 126 Å². The van der Waals surface area contributed by atoms with Gasteiger partial charge in [-0.1, -0.05) is 31.4 Å². The molecule has 2 rings (SSSR count). The van der Waals surface area contributed by atoms with Crippen molar-refractivity contribution in [2.45, 2.75) is 57.6 Å². The van der Waals surface area contributed by atoms with Gasteiger partial charge in [0.1, 0.15) is 11.9 Å². The van der Waals surface area contributed by atoms with E-state index in [9.17, 15) is 15.0 Å². The van der Waals surface area contributed by atoms with Gasteiger partial charge in [-0.3, -0.25) is 4.79 Å². The maximum atomic E-state index is 12.1. The van der Waals surface area contributed by atoms with E-state index in [0.29, 0.717) is 5.92 Å². The molecule has 4 nitrogen and oxygen atoms in total. The third kappa shape index (κ3) is 4.74. The molecule has 4 heteroatoms. The molecule has 2 unspecified atom stereocenters. The molecule has 1 fully saturated rings. The van der Waals surface area contributed by atoms with Gasteiger partial charge in [0.05, 0.1) is 0 Å². The summed E-state index contributed by atoms with van der Waals surface area (Å²) in [6.45, 7) is 2.03. The second-order valence-electron chi connectivity index (χ2n) is 6.08. The van der Waals surface area contributed by atoms with Gasteiger partial charge < -0.3 is 15.5 Å². The van der Waals surface area contributed by atoms with E-state index in [1.165, 1.54) is 19.3 Å². The summed E-state index contributed by atoms with van der Waals surface area (Å²) in [5.74, 6) is 0.410. The highest BCUT2D eigenvalue weighted by Crippen LogP contribution is 2.26. The van der Waals surface area contributed by atoms with Crippen molar-refractivity contribution in [2.24, 2.45) is 5.92 Å². The molecule has 0 saturated heterocycles. The fourth-order valence-corrected chi connectivity index (χ4v) is 3.02. The first kappa shape index (κ1) is 15.8. The van der Waals surface area contributed by atoms with Crippen LogP contribution in [0.15, 0.2) is 24.3 Å². The topological polar surface area (TPSA) is 69.6 Å². The van der Waals surface area contributed by atoms with Crippen LogP contribution in [0.3, 0.4) is 0 Å². The average molecular weight is 291 g/mol. The van der Waals surface area contributed by atoms with Crippen molar-refractivity contribution in [3.05, 3.63) is 29.8 Å². The molecule has 1 aromatic rings. The largest absolute Gasteiger partial charge is 0.508 e. The van der Waals surface area contributed by atoms with Gasteiger partial charge in [0.2, 0.25) is 5.91 Å². The lowest BCUT2D eigenvalue weighted by atomic mass is 9.84. The number of benzene rings is 1. The van der Waals surface area contributed by atoms with E-state index in [-0.39, 0.29) is 24.1 Å². The van der Waals surface area contributed by atoms with Crippen molar-refractivity contribution in [3.8, 4) is 5.75 Å². The second-order valence-corrected chi connectivity index (χ2v) is 6.08. The minimum absolute atomic E-state index is 0.118. The highest BCUT2D eigenvalue weighted by atomic mass is 16.3. The Bertz CT molecular complexity index is 452. The molecule has 0 spiro atoms. The minimum Gasteiger partial charge on any atom is -0.508 e. The number of carbonyl (C=O) groups excluding carboxylic acids is 1. The quantitative estimate of drug-likeness (QED) is 0.780. The standard InChI is InChI=1S/C17H25NO3/c1-12(14-5-3-2-4-6-14)18-17(21)16(20)11-13-7-9-15(19)10-8-13/h7-10,12,14,16,19-20H,2-6,11H2,1H3,(H,18,21). The molecule has 21 heavy (non-hydrogen) atoms. The summed E-state index contributed by atoms with van der Waals surface area (Å²) >= 11 is 0. The number of phenols is 1. The summed E-state index contributed by atoms with van der Waals surface area (Å²) in [6, 6.07) is 6.68.